The van der Waals surface area contributed by atoms with Crippen molar-refractivity contribution in [2.45, 2.75) is 78.6 Å². The van der Waals surface area contributed by atoms with E-state index in [9.17, 15) is 0 Å². The third-order valence-electron chi connectivity index (χ3n) is 14.6. The van der Waals surface area contributed by atoms with Crippen LogP contribution in [0.2, 0.25) is 5.02 Å². The molecule has 0 unspecified atom stereocenters. The van der Waals surface area contributed by atoms with E-state index in [4.69, 9.17) is 11.6 Å². The van der Waals surface area contributed by atoms with E-state index in [1.807, 2.05) is 0 Å². The lowest BCUT2D eigenvalue weighted by molar-refractivity contribution is 0.590. The molecule has 0 aliphatic carbocycles. The van der Waals surface area contributed by atoms with Gasteiger partial charge in [-0.2, -0.15) is 0 Å². The Balaban J connectivity index is 1.34. The zero-order valence-corrected chi connectivity index (χ0v) is 44.5. The van der Waals surface area contributed by atoms with Gasteiger partial charge in [-0.15, -0.1) is 0 Å². The summed E-state index contributed by atoms with van der Waals surface area (Å²) in [6.07, 6.45) is 0. The molecule has 2 aliphatic heterocycles. The molecule has 0 aromatic heterocycles. The van der Waals surface area contributed by atoms with E-state index < -0.39 is 0 Å². The number of rotatable bonds is 6. The molecule has 0 radical (unpaired) electrons. The molecule has 0 saturated heterocycles. The minimum Gasteiger partial charge on any atom is -0.310 e. The molecular weight excluding hydrogens is 947 g/mol. The van der Waals surface area contributed by atoms with Crippen LogP contribution in [0.15, 0.2) is 199 Å². The maximum atomic E-state index is 7.28. The quantitative estimate of drug-likeness (QED) is 0.153. The van der Waals surface area contributed by atoms with Gasteiger partial charge < -0.3 is 9.80 Å². The highest BCUT2D eigenvalue weighted by Crippen LogP contribution is 2.55. The fraction of sp³-hybridized carbons (Fsp3) is 0.182. The molecule has 71 heavy (non-hydrogen) atoms. The van der Waals surface area contributed by atoms with Crippen LogP contribution in [-0.4, -0.2) is 6.71 Å². The molecule has 0 atom stereocenters. The third kappa shape index (κ3) is 8.33. The van der Waals surface area contributed by atoms with Crippen LogP contribution in [0.1, 0.15) is 79.0 Å². The van der Waals surface area contributed by atoms with Gasteiger partial charge in [0.15, 0.2) is 0 Å². The Labute approximate surface area is 435 Å². The standard InChI is InChI=1S/C66H59BBrClN2/c1-64(2,3)46-34-51(42-22-14-10-15-23-42)62(52(35-46)43-24-16-11-17-25-43)70-57-33-30-49(68)40-56(57)67-55-32-31-50(69)41-58(55)71(60-39-48(66(7,8)9)38-59(70)61(60)67)63-53(44-26-18-12-19-27-44)36-47(65(4,5)6)37-54(63)45-28-20-13-21-29-45/h10-41H,1-9H3. The van der Waals surface area contributed by atoms with Crippen LogP contribution >= 0.6 is 27.5 Å². The van der Waals surface area contributed by atoms with Gasteiger partial charge in [0.05, 0.1) is 11.4 Å². The van der Waals surface area contributed by atoms with Crippen molar-refractivity contribution in [3.8, 4) is 44.5 Å². The molecule has 2 heterocycles. The van der Waals surface area contributed by atoms with Crippen molar-refractivity contribution in [2.24, 2.45) is 0 Å². The van der Waals surface area contributed by atoms with E-state index in [0.717, 1.165) is 44.0 Å². The van der Waals surface area contributed by atoms with Crippen LogP contribution in [-0.2, 0) is 16.2 Å². The third-order valence-corrected chi connectivity index (χ3v) is 15.3. The SMILES string of the molecule is CC(C)(C)c1cc(-c2ccccc2)c(N2c3ccc(Br)cc3B3c4ccc(Cl)cc4N(c4c(-c5ccccc5)cc(C(C)(C)C)cc4-c4ccccc4)c4cc(C(C)(C)C)cc2c43)c(-c2ccccc2)c1. The van der Waals surface area contributed by atoms with Gasteiger partial charge in [0, 0.05) is 54.5 Å². The molecule has 0 bridgehead atoms. The maximum absolute atomic E-state index is 7.28. The van der Waals surface area contributed by atoms with E-state index in [1.165, 1.54) is 72.1 Å². The number of hydrogen-bond acceptors (Lipinski definition) is 2. The number of hydrogen-bond donors (Lipinski definition) is 0. The van der Waals surface area contributed by atoms with Crippen LogP contribution in [0.25, 0.3) is 44.5 Å². The monoisotopic (exact) mass is 1000 g/mol. The summed E-state index contributed by atoms with van der Waals surface area (Å²) < 4.78 is 1.04. The van der Waals surface area contributed by atoms with Gasteiger partial charge in [-0.05, 0) is 132 Å². The topological polar surface area (TPSA) is 6.48 Å². The van der Waals surface area contributed by atoms with Gasteiger partial charge >= 0.3 is 0 Å². The fourth-order valence-electron chi connectivity index (χ4n) is 10.8. The zero-order valence-electron chi connectivity index (χ0n) is 42.2. The fourth-order valence-corrected chi connectivity index (χ4v) is 11.4. The average Bonchev–Trinajstić information content (AvgIpc) is 3.36. The lowest BCUT2D eigenvalue weighted by Crippen LogP contribution is -2.61. The summed E-state index contributed by atoms with van der Waals surface area (Å²) >= 11 is 11.3. The first-order chi connectivity index (χ1) is 34.0. The second-order valence-corrected chi connectivity index (χ2v) is 23.8. The Kier molecular flexibility index (Phi) is 11.6. The molecule has 2 aliphatic rings. The number of halogens is 2. The van der Waals surface area contributed by atoms with Crippen molar-refractivity contribution in [3.63, 3.8) is 0 Å². The van der Waals surface area contributed by atoms with Crippen molar-refractivity contribution in [1.82, 2.24) is 0 Å². The highest BCUT2D eigenvalue weighted by molar-refractivity contribution is 9.10. The summed E-state index contributed by atoms with van der Waals surface area (Å²) in [6.45, 7) is 20.9. The molecule has 9 aromatic carbocycles. The summed E-state index contributed by atoms with van der Waals surface area (Å²) in [6, 6.07) is 72.3. The lowest BCUT2D eigenvalue weighted by atomic mass is 9.33. The summed E-state index contributed by atoms with van der Waals surface area (Å²) in [5.41, 5.74) is 23.2. The van der Waals surface area contributed by atoms with Gasteiger partial charge in [-0.25, -0.2) is 0 Å². The Morgan fingerprint density at radius 1 is 0.366 bits per heavy atom. The Morgan fingerprint density at radius 2 is 0.732 bits per heavy atom. The van der Waals surface area contributed by atoms with Gasteiger partial charge in [-0.1, -0.05) is 223 Å². The van der Waals surface area contributed by atoms with Crippen molar-refractivity contribution in [1.29, 1.82) is 0 Å². The normalized spacial score (nSPS) is 13.2. The van der Waals surface area contributed by atoms with E-state index in [-0.39, 0.29) is 23.0 Å². The smallest absolute Gasteiger partial charge is 0.252 e. The number of nitrogens with zero attached hydrogens (tertiary/aromatic N) is 2. The summed E-state index contributed by atoms with van der Waals surface area (Å²) in [5, 5.41) is 0.698. The molecule has 0 fully saturated rings. The zero-order chi connectivity index (χ0) is 49.6. The minimum absolute atomic E-state index is 0.117. The van der Waals surface area contributed by atoms with Crippen molar-refractivity contribution < 1.29 is 0 Å². The van der Waals surface area contributed by atoms with Crippen LogP contribution in [0.5, 0.6) is 0 Å². The minimum atomic E-state index is -0.228. The van der Waals surface area contributed by atoms with Gasteiger partial charge in [0.1, 0.15) is 0 Å². The summed E-state index contributed by atoms with van der Waals surface area (Å²) in [4.78, 5) is 5.21. The van der Waals surface area contributed by atoms with Gasteiger partial charge in [-0.3, -0.25) is 0 Å². The largest absolute Gasteiger partial charge is 0.310 e. The predicted octanol–water partition coefficient (Wildman–Crippen LogP) is 17.7. The molecule has 0 spiro atoms. The first kappa shape index (κ1) is 46.8. The van der Waals surface area contributed by atoms with Crippen LogP contribution in [0.3, 0.4) is 0 Å². The second kappa shape index (κ2) is 17.6. The number of anilines is 6. The predicted molar refractivity (Wildman–Crippen MR) is 311 cm³/mol. The first-order valence-corrected chi connectivity index (χ1v) is 26.1. The molecule has 0 N–H and O–H groups in total. The molecule has 5 heteroatoms. The van der Waals surface area contributed by atoms with Crippen LogP contribution in [0.4, 0.5) is 34.1 Å². The molecule has 0 amide bonds. The summed E-state index contributed by atoms with van der Waals surface area (Å²) in [5.74, 6) is 0. The molecule has 350 valence electrons. The second-order valence-electron chi connectivity index (χ2n) is 22.5. The highest BCUT2D eigenvalue weighted by Gasteiger charge is 2.46. The molecule has 9 aromatic rings. The Morgan fingerprint density at radius 3 is 1.11 bits per heavy atom. The van der Waals surface area contributed by atoms with E-state index in [1.54, 1.807) is 0 Å². The number of benzene rings is 9. The van der Waals surface area contributed by atoms with Crippen molar-refractivity contribution in [3.05, 3.63) is 220 Å². The van der Waals surface area contributed by atoms with Crippen molar-refractivity contribution >= 4 is 84.8 Å². The molecule has 11 rings (SSSR count). The Bertz CT molecular complexity index is 3370. The molecule has 2 nitrogen and oxygen atoms in total. The first-order valence-electron chi connectivity index (χ1n) is 24.9. The molecular formula is C66H59BBrClN2. The van der Waals surface area contributed by atoms with E-state index in [2.05, 4.69) is 282 Å². The van der Waals surface area contributed by atoms with Crippen LogP contribution in [0, 0.1) is 0 Å². The van der Waals surface area contributed by atoms with E-state index >= 15 is 0 Å². The van der Waals surface area contributed by atoms with Gasteiger partial charge in [0.2, 0.25) is 0 Å². The number of fused-ring (bicyclic) bond motifs is 4. The van der Waals surface area contributed by atoms with Gasteiger partial charge in [0.25, 0.3) is 6.71 Å². The summed E-state index contributed by atoms with van der Waals surface area (Å²) in [7, 11) is 0. The molecule has 0 saturated carbocycles. The maximum Gasteiger partial charge on any atom is 0.252 e. The average molecular weight is 1010 g/mol. The Hall–Kier alpha value is -6.59. The van der Waals surface area contributed by atoms with E-state index in [0.29, 0.717) is 5.02 Å². The van der Waals surface area contributed by atoms with Crippen LogP contribution < -0.4 is 26.2 Å². The highest BCUT2D eigenvalue weighted by atomic mass is 79.9. The lowest BCUT2D eigenvalue weighted by Gasteiger charge is -2.46. The van der Waals surface area contributed by atoms with Crippen molar-refractivity contribution in [2.75, 3.05) is 9.80 Å².